The highest BCUT2D eigenvalue weighted by atomic mass is 35.5. The number of carboxylic acid groups (broad SMARTS) is 1. The zero-order chi connectivity index (χ0) is 14.6. The number of carboxylic acids is 1. The second kappa shape index (κ2) is 6.78. The number of thioether (sulfide) groups is 1. The number of pyridine rings is 1. The van der Waals surface area contributed by atoms with Crippen molar-refractivity contribution in [3.63, 3.8) is 0 Å². The number of nitrogens with zero attached hydrogens (tertiary/aromatic N) is 1. The Kier molecular flexibility index (Phi) is 5.29. The first kappa shape index (κ1) is 15.6. The molecule has 2 unspecified atom stereocenters. The van der Waals surface area contributed by atoms with Gasteiger partial charge in [0.1, 0.15) is 10.6 Å². The van der Waals surface area contributed by atoms with Gasteiger partial charge >= 0.3 is 5.97 Å². The van der Waals surface area contributed by atoms with E-state index in [-0.39, 0.29) is 5.25 Å². The molecule has 1 fully saturated rings. The smallest absolute Gasteiger partial charge is 0.323 e. The van der Waals surface area contributed by atoms with Gasteiger partial charge in [-0.1, -0.05) is 18.5 Å². The van der Waals surface area contributed by atoms with Gasteiger partial charge in [0.15, 0.2) is 0 Å². The average Bonchev–Trinajstić information content (AvgIpc) is 2.84. The zero-order valence-electron chi connectivity index (χ0n) is 11.4. The molecule has 1 heterocycles. The van der Waals surface area contributed by atoms with Gasteiger partial charge in [0.2, 0.25) is 0 Å². The maximum Gasteiger partial charge on any atom is 0.323 e. The molecule has 0 radical (unpaired) electrons. The summed E-state index contributed by atoms with van der Waals surface area (Å²) in [4.78, 5) is 15.8. The molecule has 0 amide bonds. The average molecular weight is 315 g/mol. The summed E-state index contributed by atoms with van der Waals surface area (Å²) in [5, 5.41) is 14.4. The fourth-order valence-electron chi connectivity index (χ4n) is 2.51. The standard InChI is InChI=1S/C14H19ClN2O2S/c1-2-7-17-14(13(18)19)6-5-10(9-14)20-12-11(15)4-3-8-16-12/h3-4,8,10,17H,2,5-7,9H2,1H3,(H,18,19). The first-order valence-corrected chi connectivity index (χ1v) is 8.09. The van der Waals surface area contributed by atoms with E-state index in [0.29, 0.717) is 17.9 Å². The van der Waals surface area contributed by atoms with Crippen molar-refractivity contribution >= 4 is 29.3 Å². The number of hydrogen-bond donors (Lipinski definition) is 2. The van der Waals surface area contributed by atoms with Gasteiger partial charge in [-0.25, -0.2) is 4.98 Å². The number of halogens is 1. The van der Waals surface area contributed by atoms with Crippen LogP contribution in [0.15, 0.2) is 23.4 Å². The molecule has 20 heavy (non-hydrogen) atoms. The molecular weight excluding hydrogens is 296 g/mol. The molecule has 0 bridgehead atoms. The molecule has 1 aromatic rings. The van der Waals surface area contributed by atoms with Crippen molar-refractivity contribution in [2.75, 3.05) is 6.54 Å². The lowest BCUT2D eigenvalue weighted by atomic mass is 9.98. The number of carbonyl (C=O) groups is 1. The lowest BCUT2D eigenvalue weighted by Gasteiger charge is -2.25. The Labute approximate surface area is 128 Å². The van der Waals surface area contributed by atoms with Gasteiger partial charge in [-0.3, -0.25) is 4.79 Å². The van der Waals surface area contributed by atoms with E-state index in [0.717, 1.165) is 24.4 Å². The lowest BCUT2D eigenvalue weighted by Crippen LogP contribution is -2.50. The van der Waals surface area contributed by atoms with Gasteiger partial charge in [0.05, 0.1) is 5.02 Å². The summed E-state index contributed by atoms with van der Waals surface area (Å²) >= 11 is 7.69. The summed E-state index contributed by atoms with van der Waals surface area (Å²) < 4.78 is 0. The van der Waals surface area contributed by atoms with Crippen LogP contribution in [0.25, 0.3) is 0 Å². The molecular formula is C14H19ClN2O2S. The van der Waals surface area contributed by atoms with Gasteiger partial charge in [-0.2, -0.15) is 0 Å². The molecule has 1 aliphatic rings. The molecule has 6 heteroatoms. The van der Waals surface area contributed by atoms with Crippen molar-refractivity contribution in [1.29, 1.82) is 0 Å². The Morgan fingerprint density at radius 1 is 1.70 bits per heavy atom. The first-order valence-electron chi connectivity index (χ1n) is 6.83. The summed E-state index contributed by atoms with van der Waals surface area (Å²) in [6.45, 7) is 2.77. The molecule has 1 aliphatic carbocycles. The van der Waals surface area contributed by atoms with E-state index in [4.69, 9.17) is 11.6 Å². The largest absolute Gasteiger partial charge is 0.480 e. The Morgan fingerprint density at radius 2 is 2.50 bits per heavy atom. The van der Waals surface area contributed by atoms with E-state index in [1.807, 2.05) is 13.0 Å². The van der Waals surface area contributed by atoms with E-state index in [2.05, 4.69) is 10.3 Å². The van der Waals surface area contributed by atoms with Crippen LogP contribution >= 0.6 is 23.4 Å². The number of hydrogen-bond acceptors (Lipinski definition) is 4. The van der Waals surface area contributed by atoms with Gasteiger partial charge in [-0.05, 0) is 44.4 Å². The highest BCUT2D eigenvalue weighted by Crippen LogP contribution is 2.41. The van der Waals surface area contributed by atoms with Crippen LogP contribution in [-0.4, -0.2) is 33.4 Å². The highest BCUT2D eigenvalue weighted by Gasteiger charge is 2.45. The first-order chi connectivity index (χ1) is 9.57. The minimum Gasteiger partial charge on any atom is -0.480 e. The molecule has 4 nitrogen and oxygen atoms in total. The monoisotopic (exact) mass is 314 g/mol. The summed E-state index contributed by atoms with van der Waals surface area (Å²) in [5.41, 5.74) is -0.783. The minimum atomic E-state index is -0.783. The normalized spacial score (nSPS) is 25.8. The van der Waals surface area contributed by atoms with Crippen molar-refractivity contribution < 1.29 is 9.90 Å². The Morgan fingerprint density at radius 3 is 3.15 bits per heavy atom. The third-order valence-corrected chi connectivity index (χ3v) is 5.30. The molecule has 0 aromatic carbocycles. The molecule has 2 N–H and O–H groups in total. The Balaban J connectivity index is 2.03. The van der Waals surface area contributed by atoms with Crippen LogP contribution in [0.4, 0.5) is 0 Å². The van der Waals surface area contributed by atoms with Crippen molar-refractivity contribution in [2.24, 2.45) is 0 Å². The number of aromatic nitrogens is 1. The predicted molar refractivity (Wildman–Crippen MR) is 81.4 cm³/mol. The lowest BCUT2D eigenvalue weighted by molar-refractivity contribution is -0.144. The second-order valence-electron chi connectivity index (χ2n) is 5.09. The quantitative estimate of drug-likeness (QED) is 0.844. The molecule has 1 aromatic heterocycles. The molecule has 1 saturated carbocycles. The van der Waals surface area contributed by atoms with Crippen LogP contribution in [0.2, 0.25) is 5.02 Å². The van der Waals surface area contributed by atoms with Gasteiger partial charge < -0.3 is 10.4 Å². The van der Waals surface area contributed by atoms with Crippen LogP contribution in [0.3, 0.4) is 0 Å². The SMILES string of the molecule is CCCNC1(C(=O)O)CCC(Sc2ncccc2Cl)C1. The summed E-state index contributed by atoms with van der Waals surface area (Å²) in [7, 11) is 0. The molecule has 0 aliphatic heterocycles. The van der Waals surface area contributed by atoms with E-state index >= 15 is 0 Å². The maximum atomic E-state index is 11.6. The fourth-order valence-corrected chi connectivity index (χ4v) is 3.99. The third-order valence-electron chi connectivity index (χ3n) is 3.60. The Hall–Kier alpha value is -0.780. The third kappa shape index (κ3) is 3.45. The van der Waals surface area contributed by atoms with Crippen molar-refractivity contribution in [1.82, 2.24) is 10.3 Å². The number of aliphatic carboxylic acids is 1. The predicted octanol–water partition coefficient (Wildman–Crippen LogP) is 3.20. The minimum absolute atomic E-state index is 0.239. The summed E-state index contributed by atoms with van der Waals surface area (Å²) in [6.07, 6.45) is 4.77. The topological polar surface area (TPSA) is 62.2 Å². The van der Waals surface area contributed by atoms with Gasteiger partial charge in [-0.15, -0.1) is 11.8 Å². The van der Waals surface area contributed by atoms with Crippen molar-refractivity contribution in [2.45, 2.75) is 48.4 Å². The number of rotatable bonds is 6. The summed E-state index contributed by atoms with van der Waals surface area (Å²) in [5.74, 6) is -0.749. The van der Waals surface area contributed by atoms with E-state index in [1.165, 1.54) is 0 Å². The second-order valence-corrected chi connectivity index (χ2v) is 6.78. The van der Waals surface area contributed by atoms with Crippen LogP contribution in [-0.2, 0) is 4.79 Å². The molecule has 110 valence electrons. The highest BCUT2D eigenvalue weighted by molar-refractivity contribution is 8.00. The van der Waals surface area contributed by atoms with E-state index in [9.17, 15) is 9.90 Å². The molecule has 0 spiro atoms. The van der Waals surface area contributed by atoms with Gasteiger partial charge in [0.25, 0.3) is 0 Å². The summed E-state index contributed by atoms with van der Waals surface area (Å²) in [6, 6.07) is 3.61. The van der Waals surface area contributed by atoms with Crippen molar-refractivity contribution in [3.05, 3.63) is 23.4 Å². The van der Waals surface area contributed by atoms with Crippen LogP contribution in [0, 0.1) is 0 Å². The number of nitrogens with one attached hydrogen (secondary N) is 1. The van der Waals surface area contributed by atoms with Crippen molar-refractivity contribution in [3.8, 4) is 0 Å². The van der Waals surface area contributed by atoms with E-state index in [1.54, 1.807) is 24.0 Å². The van der Waals surface area contributed by atoms with Crippen LogP contribution in [0.5, 0.6) is 0 Å². The molecule has 2 rings (SSSR count). The van der Waals surface area contributed by atoms with Crippen LogP contribution < -0.4 is 5.32 Å². The zero-order valence-corrected chi connectivity index (χ0v) is 13.0. The molecule has 0 saturated heterocycles. The van der Waals surface area contributed by atoms with Crippen LogP contribution in [0.1, 0.15) is 32.6 Å². The Bertz CT molecular complexity index is 486. The van der Waals surface area contributed by atoms with Gasteiger partial charge in [0, 0.05) is 11.4 Å². The van der Waals surface area contributed by atoms with E-state index < -0.39 is 11.5 Å². The maximum absolute atomic E-state index is 11.6. The fraction of sp³-hybridized carbons (Fsp3) is 0.571. The molecule has 2 atom stereocenters.